The lowest BCUT2D eigenvalue weighted by atomic mass is 10.2. The summed E-state index contributed by atoms with van der Waals surface area (Å²) in [5.41, 5.74) is 2.72. The minimum Gasteiger partial charge on any atom is -0.332 e. The molecule has 1 N–H and O–H groups in total. The van der Waals surface area contributed by atoms with Gasteiger partial charge >= 0.3 is 0 Å². The van der Waals surface area contributed by atoms with E-state index in [1.807, 2.05) is 54.6 Å². The fourth-order valence-corrected chi connectivity index (χ4v) is 4.09. The lowest BCUT2D eigenvalue weighted by Gasteiger charge is -2.28. The van der Waals surface area contributed by atoms with Crippen LogP contribution in [0.25, 0.3) is 11.0 Å². The van der Waals surface area contributed by atoms with Crippen LogP contribution >= 0.6 is 46.6 Å². The number of halogens is 3. The van der Waals surface area contributed by atoms with Crippen LogP contribution < -0.4 is 5.32 Å². The van der Waals surface area contributed by atoms with Gasteiger partial charge in [0.1, 0.15) is 0 Å². The van der Waals surface area contributed by atoms with E-state index in [9.17, 15) is 4.79 Å². The molecule has 27 heavy (non-hydrogen) atoms. The van der Waals surface area contributed by atoms with Gasteiger partial charge in [-0.2, -0.15) is 0 Å². The molecule has 1 atom stereocenters. The Labute approximate surface area is 177 Å². The molecule has 0 saturated carbocycles. The van der Waals surface area contributed by atoms with Crippen molar-refractivity contribution >= 4 is 63.5 Å². The molecule has 0 spiro atoms. The monoisotopic (exact) mass is 441 g/mol. The number of carbonyl (C=O) groups excluding carboxylic acids is 1. The number of para-hydroxylation sites is 2. The van der Waals surface area contributed by atoms with Crippen LogP contribution in [0.2, 0.25) is 0 Å². The van der Waals surface area contributed by atoms with E-state index < -0.39 is 9.96 Å². The second kappa shape index (κ2) is 8.74. The third-order valence-electron chi connectivity index (χ3n) is 3.96. The highest BCUT2D eigenvalue weighted by molar-refractivity contribution is 7.98. The molecular weight excluding hydrogens is 425 g/mol. The molecule has 2 aromatic carbocycles. The van der Waals surface area contributed by atoms with Gasteiger partial charge in [-0.3, -0.25) is 9.36 Å². The summed E-state index contributed by atoms with van der Waals surface area (Å²) in [5, 5.41) is 3.49. The summed E-state index contributed by atoms with van der Waals surface area (Å²) in [6, 6.07) is 17.6. The summed E-state index contributed by atoms with van der Waals surface area (Å²) < 4.78 is 0.0554. The Morgan fingerprint density at radius 1 is 1.15 bits per heavy atom. The molecular formula is C19H18Cl3N3OS. The first kappa shape index (κ1) is 20.3. The van der Waals surface area contributed by atoms with E-state index in [2.05, 4.69) is 5.32 Å². The van der Waals surface area contributed by atoms with Crippen molar-refractivity contribution < 1.29 is 4.79 Å². The van der Waals surface area contributed by atoms with Crippen molar-refractivity contribution in [1.82, 2.24) is 14.9 Å². The Morgan fingerprint density at radius 3 is 2.48 bits per heavy atom. The number of fused-ring (bicyclic) bond motifs is 1. The van der Waals surface area contributed by atoms with Crippen LogP contribution in [0.4, 0.5) is 0 Å². The number of carbonyl (C=O) groups is 1. The van der Waals surface area contributed by atoms with Gasteiger partial charge < -0.3 is 5.32 Å². The van der Waals surface area contributed by atoms with Gasteiger partial charge in [-0.25, -0.2) is 4.98 Å². The quantitative estimate of drug-likeness (QED) is 0.392. The molecule has 0 aliphatic rings. The van der Waals surface area contributed by atoms with Crippen molar-refractivity contribution in [2.75, 3.05) is 0 Å². The van der Waals surface area contributed by atoms with Crippen molar-refractivity contribution in [2.24, 2.45) is 0 Å². The van der Waals surface area contributed by atoms with Crippen molar-refractivity contribution in [2.45, 2.75) is 34.2 Å². The van der Waals surface area contributed by atoms with E-state index in [1.54, 1.807) is 11.5 Å². The number of nitrogens with zero attached hydrogens (tertiary/aromatic N) is 2. The fourth-order valence-electron chi connectivity index (χ4n) is 2.64. The molecule has 1 aromatic heterocycles. The largest absolute Gasteiger partial charge is 0.332 e. The molecule has 8 heteroatoms. The third kappa shape index (κ3) is 4.91. The van der Waals surface area contributed by atoms with Gasteiger partial charge in [0.2, 0.25) is 9.70 Å². The van der Waals surface area contributed by atoms with Gasteiger partial charge in [0.05, 0.1) is 11.0 Å². The van der Waals surface area contributed by atoms with Crippen LogP contribution in [0.15, 0.2) is 59.8 Å². The molecule has 1 heterocycles. The highest BCUT2D eigenvalue weighted by Crippen LogP contribution is 2.41. The maximum Gasteiger partial charge on any atom is 0.229 e. The number of aromatic nitrogens is 2. The first-order valence-electron chi connectivity index (χ1n) is 8.40. The average Bonchev–Trinajstić information content (AvgIpc) is 3.02. The first-order valence-corrected chi connectivity index (χ1v) is 10.5. The molecule has 4 nitrogen and oxygen atoms in total. The van der Waals surface area contributed by atoms with Crippen LogP contribution in [-0.4, -0.2) is 19.3 Å². The summed E-state index contributed by atoms with van der Waals surface area (Å²) in [4.78, 5) is 16.8. The number of amides is 1. The maximum atomic E-state index is 12.1. The Bertz CT molecular complexity index is 925. The van der Waals surface area contributed by atoms with E-state index in [0.29, 0.717) is 10.9 Å². The molecule has 0 aliphatic heterocycles. The van der Waals surface area contributed by atoms with Crippen molar-refractivity contribution in [3.63, 3.8) is 0 Å². The molecule has 1 unspecified atom stereocenters. The van der Waals surface area contributed by atoms with Gasteiger partial charge in [-0.05, 0) is 17.7 Å². The van der Waals surface area contributed by atoms with Crippen LogP contribution in [0.3, 0.4) is 0 Å². The topological polar surface area (TPSA) is 46.9 Å². The molecule has 142 valence electrons. The number of nitrogens with one attached hydrogen (secondary N) is 1. The Kier molecular flexibility index (Phi) is 6.58. The highest BCUT2D eigenvalue weighted by atomic mass is 35.6. The molecule has 1 amide bonds. The number of benzene rings is 2. The molecule has 3 rings (SSSR count). The second-order valence-corrected chi connectivity index (χ2v) is 9.20. The molecule has 0 fully saturated rings. The van der Waals surface area contributed by atoms with Crippen molar-refractivity contribution in [3.05, 3.63) is 60.2 Å². The molecule has 0 bridgehead atoms. The first-order chi connectivity index (χ1) is 12.9. The lowest BCUT2D eigenvalue weighted by Crippen LogP contribution is -2.40. The lowest BCUT2D eigenvalue weighted by molar-refractivity contribution is -0.122. The zero-order chi connectivity index (χ0) is 19.4. The fraction of sp³-hybridized carbons (Fsp3) is 0.263. The predicted octanol–water partition coefficient (Wildman–Crippen LogP) is 5.72. The van der Waals surface area contributed by atoms with Crippen LogP contribution in [0.5, 0.6) is 0 Å². The number of thioether (sulfide) groups is 1. The minimum absolute atomic E-state index is 0.205. The number of hydrogen-bond donors (Lipinski definition) is 1. The van der Waals surface area contributed by atoms with Gasteiger partial charge in [0, 0.05) is 12.2 Å². The van der Waals surface area contributed by atoms with Crippen LogP contribution in [0, 0.1) is 0 Å². The normalized spacial score (nSPS) is 12.9. The second-order valence-electron chi connectivity index (χ2n) is 5.89. The molecule has 0 saturated heterocycles. The highest BCUT2D eigenvalue weighted by Gasteiger charge is 2.37. The van der Waals surface area contributed by atoms with Crippen LogP contribution in [0.1, 0.15) is 25.1 Å². The van der Waals surface area contributed by atoms with E-state index in [0.717, 1.165) is 16.6 Å². The standard InChI is InChI=1S/C19H18Cl3N3OS/c1-2-16(26)24-17(19(20,21)22)25-15-11-7-6-10-14(15)23-18(25)27-12-13-8-4-3-5-9-13/h3-11,17H,2,12H2,1H3,(H,24,26). The Hall–Kier alpha value is -1.40. The smallest absolute Gasteiger partial charge is 0.229 e. The van der Waals surface area contributed by atoms with Gasteiger partial charge in [0.15, 0.2) is 11.3 Å². The van der Waals surface area contributed by atoms with Gasteiger partial charge in [0.25, 0.3) is 0 Å². The summed E-state index contributed by atoms with van der Waals surface area (Å²) >= 11 is 20.2. The third-order valence-corrected chi connectivity index (χ3v) is 5.61. The SMILES string of the molecule is CCC(=O)NC(n1c(SCc2ccccc2)nc2ccccc21)C(Cl)(Cl)Cl. The molecule has 0 radical (unpaired) electrons. The van der Waals surface area contributed by atoms with Crippen molar-refractivity contribution in [3.8, 4) is 0 Å². The summed E-state index contributed by atoms with van der Waals surface area (Å²) in [6.07, 6.45) is -0.586. The number of imidazole rings is 1. The summed E-state index contributed by atoms with van der Waals surface area (Å²) in [5.74, 6) is 0.501. The Balaban J connectivity index is 2.03. The van der Waals surface area contributed by atoms with E-state index in [1.165, 1.54) is 11.8 Å². The number of alkyl halides is 3. The molecule has 3 aromatic rings. The number of hydrogen-bond acceptors (Lipinski definition) is 3. The van der Waals surface area contributed by atoms with Gasteiger partial charge in [-0.15, -0.1) is 0 Å². The minimum atomic E-state index is -1.74. The zero-order valence-corrected chi connectivity index (χ0v) is 17.6. The van der Waals surface area contributed by atoms with Crippen LogP contribution in [-0.2, 0) is 10.5 Å². The maximum absolute atomic E-state index is 12.1. The van der Waals surface area contributed by atoms with E-state index in [-0.39, 0.29) is 12.3 Å². The summed E-state index contributed by atoms with van der Waals surface area (Å²) in [6.45, 7) is 1.75. The van der Waals surface area contributed by atoms with E-state index >= 15 is 0 Å². The van der Waals surface area contributed by atoms with Gasteiger partial charge in [-0.1, -0.05) is 96.0 Å². The number of rotatable bonds is 6. The molecule has 0 aliphatic carbocycles. The Morgan fingerprint density at radius 2 is 1.81 bits per heavy atom. The average molecular weight is 443 g/mol. The van der Waals surface area contributed by atoms with E-state index in [4.69, 9.17) is 39.8 Å². The predicted molar refractivity (Wildman–Crippen MR) is 113 cm³/mol. The summed E-state index contributed by atoms with van der Waals surface area (Å²) in [7, 11) is 0. The van der Waals surface area contributed by atoms with Crippen molar-refractivity contribution in [1.29, 1.82) is 0 Å². The zero-order valence-electron chi connectivity index (χ0n) is 14.5.